The van der Waals surface area contributed by atoms with Crippen molar-refractivity contribution in [3.63, 3.8) is 0 Å². The number of alkyl halides is 3. The molecule has 110 valence electrons. The molecule has 0 atom stereocenters. The number of carbonyl (C=O) groups is 2. The van der Waals surface area contributed by atoms with Gasteiger partial charge in [0.2, 0.25) is 0 Å². The highest BCUT2D eigenvalue weighted by Gasteiger charge is 2.31. The average Bonchev–Trinajstić information content (AvgIpc) is 2.38. The molecule has 0 aromatic heterocycles. The Balaban J connectivity index is 2.99. The molecule has 6 nitrogen and oxygen atoms in total. The fraction of sp³-hybridized carbons (Fsp3) is 0.200. The van der Waals surface area contributed by atoms with Gasteiger partial charge in [0, 0.05) is 0 Å². The molecule has 0 aliphatic rings. The summed E-state index contributed by atoms with van der Waals surface area (Å²) in [5.74, 6) is -0.523. The molecule has 1 aromatic rings. The van der Waals surface area contributed by atoms with Crippen molar-refractivity contribution in [3.05, 3.63) is 24.3 Å². The Labute approximate surface area is 115 Å². The summed E-state index contributed by atoms with van der Waals surface area (Å²) in [5.41, 5.74) is -0.114. The number of hydrogen-bond acceptors (Lipinski definition) is 5. The molecule has 0 radical (unpaired) electrons. The number of carbonyl (C=O) groups excluding carboxylic acids is 2. The van der Waals surface area contributed by atoms with Crippen LogP contribution in [0.3, 0.4) is 0 Å². The average molecular weight is 314 g/mol. The van der Waals surface area contributed by atoms with Gasteiger partial charge in [-0.1, -0.05) is 0 Å². The van der Waals surface area contributed by atoms with Crippen LogP contribution < -0.4 is 9.64 Å². The van der Waals surface area contributed by atoms with Crippen molar-refractivity contribution in [1.82, 2.24) is 0 Å². The highest BCUT2D eigenvalue weighted by molar-refractivity contribution is 6.19. The molecule has 0 saturated carbocycles. The van der Waals surface area contributed by atoms with Gasteiger partial charge in [-0.15, -0.1) is 13.2 Å². The summed E-state index contributed by atoms with van der Waals surface area (Å²) in [6, 6.07) is 3.85. The van der Waals surface area contributed by atoms with E-state index in [4.69, 9.17) is 11.9 Å². The van der Waals surface area contributed by atoms with Crippen LogP contribution in [0, 0.1) is 0 Å². The van der Waals surface area contributed by atoms with Crippen LogP contribution in [-0.2, 0) is 9.03 Å². The summed E-state index contributed by atoms with van der Waals surface area (Å²) in [6.07, 6.45) is -7.25. The van der Waals surface area contributed by atoms with Gasteiger partial charge < -0.3 is 13.8 Å². The first-order valence-electron chi connectivity index (χ1n) is 4.85. The van der Waals surface area contributed by atoms with E-state index in [0.717, 1.165) is 31.4 Å². The van der Waals surface area contributed by atoms with Crippen LogP contribution in [0.15, 0.2) is 24.3 Å². The Morgan fingerprint density at radius 2 is 1.70 bits per heavy atom. The first-order valence-corrected chi connectivity index (χ1v) is 5.16. The molecule has 0 fully saturated rings. The lowest BCUT2D eigenvalue weighted by molar-refractivity contribution is -0.274. The summed E-state index contributed by atoms with van der Waals surface area (Å²) in [4.78, 5) is 23.0. The van der Waals surface area contributed by atoms with Crippen LogP contribution in [0.4, 0.5) is 28.4 Å². The van der Waals surface area contributed by atoms with Crippen LogP contribution in [-0.4, -0.2) is 25.7 Å². The van der Waals surface area contributed by atoms with Gasteiger partial charge in [0.15, 0.2) is 0 Å². The Morgan fingerprint density at radius 1 is 1.15 bits per heavy atom. The second kappa shape index (κ2) is 6.33. The molecular formula is C10H7ClF3NO5. The Morgan fingerprint density at radius 3 is 2.10 bits per heavy atom. The second-order valence-electron chi connectivity index (χ2n) is 3.19. The Kier molecular flexibility index (Phi) is 5.03. The maximum absolute atomic E-state index is 12.0. The van der Waals surface area contributed by atoms with Gasteiger partial charge >= 0.3 is 18.5 Å². The van der Waals surface area contributed by atoms with E-state index in [-0.39, 0.29) is 5.69 Å². The van der Waals surface area contributed by atoms with E-state index < -0.39 is 24.3 Å². The Bertz CT molecular complexity index is 475. The summed E-state index contributed by atoms with van der Waals surface area (Å²) in [7, 11) is 0.998. The highest BCUT2D eigenvalue weighted by Crippen LogP contribution is 2.26. The number of rotatable bonds is 2. The standard InChI is InChI=1S/C10H7ClF3NO5/c1-18-8(16)15(9(17)20-11)6-2-4-7(5-3-6)19-10(12,13)14/h2-5H,1H3. The quantitative estimate of drug-likeness (QED) is 0.836. The summed E-state index contributed by atoms with van der Waals surface area (Å²) < 4.78 is 47.7. The van der Waals surface area contributed by atoms with E-state index in [2.05, 4.69) is 13.8 Å². The zero-order chi connectivity index (χ0) is 15.3. The lowest BCUT2D eigenvalue weighted by Crippen LogP contribution is -2.36. The van der Waals surface area contributed by atoms with Gasteiger partial charge in [0.1, 0.15) is 17.6 Å². The van der Waals surface area contributed by atoms with Crippen molar-refractivity contribution in [1.29, 1.82) is 0 Å². The number of nitrogens with zero attached hydrogens (tertiary/aromatic N) is 1. The molecule has 0 aliphatic heterocycles. The van der Waals surface area contributed by atoms with E-state index in [1.54, 1.807) is 0 Å². The summed E-state index contributed by atoms with van der Waals surface area (Å²) >= 11 is 4.84. The number of halogens is 4. The zero-order valence-corrected chi connectivity index (χ0v) is 10.6. The predicted molar refractivity (Wildman–Crippen MR) is 60.3 cm³/mol. The van der Waals surface area contributed by atoms with E-state index in [0.29, 0.717) is 4.90 Å². The highest BCUT2D eigenvalue weighted by atomic mass is 35.5. The number of benzene rings is 1. The molecule has 1 aromatic carbocycles. The topological polar surface area (TPSA) is 65.1 Å². The fourth-order valence-corrected chi connectivity index (χ4v) is 1.28. The Hall–Kier alpha value is -2.16. The van der Waals surface area contributed by atoms with Crippen LogP contribution in [0.25, 0.3) is 0 Å². The van der Waals surface area contributed by atoms with Crippen LogP contribution in [0.2, 0.25) is 0 Å². The SMILES string of the molecule is COC(=O)N(C(=O)OCl)c1ccc(OC(F)(F)F)cc1. The fourth-order valence-electron chi connectivity index (χ4n) is 1.21. The largest absolute Gasteiger partial charge is 0.573 e. The van der Waals surface area contributed by atoms with Gasteiger partial charge in [-0.05, 0) is 24.3 Å². The first kappa shape index (κ1) is 15.9. The zero-order valence-electron chi connectivity index (χ0n) is 9.81. The van der Waals surface area contributed by atoms with Crippen molar-refractivity contribution in [2.24, 2.45) is 0 Å². The molecule has 0 N–H and O–H groups in total. The number of methoxy groups -OCH3 is 1. The smallest absolute Gasteiger partial charge is 0.452 e. The molecule has 2 amide bonds. The van der Waals surface area contributed by atoms with Gasteiger partial charge in [0.25, 0.3) is 0 Å². The van der Waals surface area contributed by atoms with E-state index >= 15 is 0 Å². The lowest BCUT2D eigenvalue weighted by Gasteiger charge is -2.17. The third-order valence-electron chi connectivity index (χ3n) is 1.93. The predicted octanol–water partition coefficient (Wildman–Crippen LogP) is 3.45. The molecule has 20 heavy (non-hydrogen) atoms. The minimum absolute atomic E-state index is 0.114. The molecule has 10 heteroatoms. The summed E-state index contributed by atoms with van der Waals surface area (Å²) in [6.45, 7) is 0. The van der Waals surface area contributed by atoms with Crippen molar-refractivity contribution in [2.45, 2.75) is 6.36 Å². The van der Waals surface area contributed by atoms with Gasteiger partial charge in [-0.3, -0.25) is 0 Å². The number of ether oxygens (including phenoxy) is 2. The maximum atomic E-state index is 12.0. The third-order valence-corrected chi connectivity index (χ3v) is 2.07. The van der Waals surface area contributed by atoms with Crippen LogP contribution >= 0.6 is 11.9 Å². The maximum Gasteiger partial charge on any atom is 0.573 e. The van der Waals surface area contributed by atoms with E-state index in [1.807, 2.05) is 0 Å². The number of amides is 2. The molecular weight excluding hydrogens is 307 g/mol. The minimum Gasteiger partial charge on any atom is -0.452 e. The first-order chi connectivity index (χ1) is 9.28. The lowest BCUT2D eigenvalue weighted by atomic mass is 10.3. The van der Waals surface area contributed by atoms with Crippen molar-refractivity contribution < 1.29 is 36.5 Å². The molecule has 0 spiro atoms. The molecule has 0 heterocycles. The van der Waals surface area contributed by atoms with Crippen molar-refractivity contribution in [3.8, 4) is 5.75 Å². The van der Waals surface area contributed by atoms with Gasteiger partial charge in [0.05, 0.1) is 12.8 Å². The minimum atomic E-state index is -4.85. The third kappa shape index (κ3) is 4.19. The van der Waals surface area contributed by atoms with Gasteiger partial charge in [-0.25, -0.2) is 9.59 Å². The number of hydrogen-bond donors (Lipinski definition) is 0. The van der Waals surface area contributed by atoms with Gasteiger partial charge in [-0.2, -0.15) is 4.90 Å². The van der Waals surface area contributed by atoms with Crippen LogP contribution in [0.5, 0.6) is 5.75 Å². The number of imide groups is 1. The van der Waals surface area contributed by atoms with Crippen LogP contribution in [0.1, 0.15) is 0 Å². The molecule has 1 rings (SSSR count). The molecule has 0 unspecified atom stereocenters. The summed E-state index contributed by atoms with van der Waals surface area (Å²) in [5, 5.41) is 0. The molecule has 0 bridgehead atoms. The molecule has 0 saturated heterocycles. The normalized spacial score (nSPS) is 10.7. The number of anilines is 1. The van der Waals surface area contributed by atoms with Crippen molar-refractivity contribution in [2.75, 3.05) is 12.0 Å². The van der Waals surface area contributed by atoms with E-state index in [9.17, 15) is 22.8 Å². The molecule has 0 aliphatic carbocycles. The monoisotopic (exact) mass is 313 g/mol. The van der Waals surface area contributed by atoms with E-state index in [1.165, 1.54) is 0 Å². The second-order valence-corrected chi connectivity index (χ2v) is 3.34. The van der Waals surface area contributed by atoms with Crippen molar-refractivity contribution >= 4 is 29.7 Å².